The van der Waals surface area contributed by atoms with Crippen LogP contribution in [0.4, 0.5) is 0 Å². The summed E-state index contributed by atoms with van der Waals surface area (Å²) in [6.45, 7) is 2.68. The lowest BCUT2D eigenvalue weighted by atomic mass is 9.40. The summed E-state index contributed by atoms with van der Waals surface area (Å²) in [4.78, 5) is 0. The lowest BCUT2D eigenvalue weighted by Crippen LogP contribution is -2.56. The molecule has 1 heteroatoms. The molecule has 16 saturated carbocycles. The Morgan fingerprint density at radius 1 is 0.312 bits per heavy atom. The molecule has 16 fully saturated rings. The highest BCUT2D eigenvalue weighted by Crippen LogP contribution is 2.73. The summed E-state index contributed by atoms with van der Waals surface area (Å²) in [6, 6.07) is 0. The third-order valence-corrected chi connectivity index (χ3v) is 20.0. The van der Waals surface area contributed by atoms with Gasteiger partial charge in [-0.1, -0.05) is 0 Å². The van der Waals surface area contributed by atoms with Crippen molar-refractivity contribution >= 4 is 0 Å². The van der Waals surface area contributed by atoms with Gasteiger partial charge in [-0.15, -0.1) is 0 Å². The van der Waals surface area contributed by atoms with Crippen LogP contribution in [0.1, 0.15) is 182 Å². The molecule has 1 aromatic carbocycles. The zero-order valence-corrected chi connectivity index (χ0v) is 30.3. The average molecular weight is 645 g/mol. The normalized spacial score (nSPS) is 57.4. The molecule has 0 aromatic heterocycles. The van der Waals surface area contributed by atoms with Gasteiger partial charge in [-0.3, -0.25) is 0 Å². The van der Waals surface area contributed by atoms with Crippen molar-refractivity contribution in [2.45, 2.75) is 183 Å². The third kappa shape index (κ3) is 3.63. The monoisotopic (exact) mass is 644 g/mol. The van der Waals surface area contributed by atoms with Crippen molar-refractivity contribution in [1.29, 1.82) is 0 Å². The number of benzene rings is 1. The highest BCUT2D eigenvalue weighted by Gasteiger charge is 2.63. The third-order valence-electron chi connectivity index (χ3n) is 20.0. The Labute approximate surface area is 291 Å². The molecular formula is C47H64O. The summed E-state index contributed by atoms with van der Waals surface area (Å²) in [5.41, 5.74) is 10.3. The lowest BCUT2D eigenvalue weighted by molar-refractivity contribution is -0.0266. The van der Waals surface area contributed by atoms with Gasteiger partial charge in [0.05, 0.1) is 0 Å². The Bertz CT molecular complexity index is 1380. The maximum absolute atomic E-state index is 13.8. The highest BCUT2D eigenvalue weighted by atomic mass is 16.3. The second-order valence-corrected chi connectivity index (χ2v) is 23.3. The fourth-order valence-corrected chi connectivity index (χ4v) is 20.9. The average Bonchev–Trinajstić information content (AvgIpc) is 2.98. The molecule has 1 nitrogen and oxygen atoms in total. The first-order valence-electron chi connectivity index (χ1n) is 22.2. The zero-order valence-electron chi connectivity index (χ0n) is 30.3. The molecule has 1 N–H and O–H groups in total. The summed E-state index contributed by atoms with van der Waals surface area (Å²) in [7, 11) is 0. The van der Waals surface area contributed by atoms with Gasteiger partial charge < -0.3 is 5.11 Å². The molecule has 0 heterocycles. The number of phenols is 1. The Morgan fingerprint density at radius 2 is 0.521 bits per heavy atom. The van der Waals surface area contributed by atoms with E-state index >= 15 is 0 Å². The van der Waals surface area contributed by atoms with E-state index in [-0.39, 0.29) is 10.8 Å². The van der Waals surface area contributed by atoms with E-state index in [1.54, 1.807) is 36.0 Å². The molecule has 0 spiro atoms. The zero-order chi connectivity index (χ0) is 31.4. The first kappa shape index (κ1) is 28.6. The molecule has 16 aliphatic carbocycles. The van der Waals surface area contributed by atoms with Crippen molar-refractivity contribution in [3.05, 3.63) is 27.8 Å². The lowest BCUT2D eigenvalue weighted by Gasteiger charge is -2.64. The summed E-state index contributed by atoms with van der Waals surface area (Å²) in [5.74, 6) is 12.4. The van der Waals surface area contributed by atoms with Crippen molar-refractivity contribution in [2.24, 2.45) is 71.0 Å². The van der Waals surface area contributed by atoms with Gasteiger partial charge in [-0.2, -0.15) is 0 Å². The van der Waals surface area contributed by atoms with Crippen LogP contribution in [0.25, 0.3) is 0 Å². The van der Waals surface area contributed by atoms with Crippen LogP contribution in [-0.4, -0.2) is 5.11 Å². The molecule has 16 bridgehead atoms. The standard InChI is InChI=1S/C47H64O/c1-26-39(44-14-27-2-28(15-44)4-29(3-27)16-44)41(46-20-33-8-34(21-46)10-35(9-33)22-46)42(47-23-36-11-37(24-47)13-38(12-36)25-47)43(48)40(26)45-17-30-5-31(18-45)7-32(6-30)19-45/h27-38,48H,2-25H2,1H3. The maximum Gasteiger partial charge on any atom is 0.123 e. The molecule has 0 aliphatic heterocycles. The number of hydrogen-bond acceptors (Lipinski definition) is 1. The first-order chi connectivity index (χ1) is 23.2. The second-order valence-electron chi connectivity index (χ2n) is 23.3. The molecule has 258 valence electrons. The van der Waals surface area contributed by atoms with E-state index in [0.717, 1.165) is 76.8 Å². The molecule has 17 rings (SSSR count). The highest BCUT2D eigenvalue weighted by molar-refractivity contribution is 5.66. The van der Waals surface area contributed by atoms with Gasteiger partial charge in [0.1, 0.15) is 5.75 Å². The van der Waals surface area contributed by atoms with Crippen LogP contribution in [0.3, 0.4) is 0 Å². The molecule has 0 amide bonds. The predicted octanol–water partition coefficient (Wildman–Crippen LogP) is 11.6. The van der Waals surface area contributed by atoms with Gasteiger partial charge >= 0.3 is 0 Å². The number of rotatable bonds is 4. The van der Waals surface area contributed by atoms with Crippen LogP contribution in [0.2, 0.25) is 0 Å². The van der Waals surface area contributed by atoms with E-state index in [0.29, 0.717) is 10.8 Å². The quantitative estimate of drug-likeness (QED) is 0.346. The Morgan fingerprint density at radius 3 is 0.792 bits per heavy atom. The van der Waals surface area contributed by atoms with Crippen molar-refractivity contribution in [3.8, 4) is 5.75 Å². The molecule has 0 radical (unpaired) electrons. The topological polar surface area (TPSA) is 20.2 Å². The van der Waals surface area contributed by atoms with Gasteiger partial charge in [0, 0.05) is 22.0 Å². The van der Waals surface area contributed by atoms with Gasteiger partial charge in [-0.25, -0.2) is 0 Å². The fraction of sp³-hybridized carbons (Fsp3) is 0.872. The predicted molar refractivity (Wildman–Crippen MR) is 192 cm³/mol. The van der Waals surface area contributed by atoms with Crippen LogP contribution in [-0.2, 0) is 21.7 Å². The molecule has 0 saturated heterocycles. The Hall–Kier alpha value is -0.980. The van der Waals surface area contributed by atoms with Crippen molar-refractivity contribution in [1.82, 2.24) is 0 Å². The summed E-state index contributed by atoms with van der Waals surface area (Å²) in [6.07, 6.45) is 35.8. The fourth-order valence-electron chi connectivity index (χ4n) is 20.9. The minimum atomic E-state index is 0.275. The molecule has 48 heavy (non-hydrogen) atoms. The van der Waals surface area contributed by atoms with E-state index in [2.05, 4.69) is 6.92 Å². The van der Waals surface area contributed by atoms with Gasteiger partial charge in [0.15, 0.2) is 0 Å². The minimum Gasteiger partial charge on any atom is -0.507 e. The SMILES string of the molecule is Cc1c(C23CC4CC(CC(C4)C2)C3)c(O)c(C23CC4CC(CC(C4)C2)C3)c(C23CC4CC(CC(C4)C2)C3)c1C12CC3CC(CC(C3)C1)C2. The summed E-state index contributed by atoms with van der Waals surface area (Å²) >= 11 is 0. The van der Waals surface area contributed by atoms with Gasteiger partial charge in [-0.05, 0) is 260 Å². The van der Waals surface area contributed by atoms with Gasteiger partial charge in [0.2, 0.25) is 0 Å². The number of phenolic OH excluding ortho intramolecular Hbond substituents is 1. The van der Waals surface area contributed by atoms with Crippen LogP contribution >= 0.6 is 0 Å². The Balaban J connectivity index is 1.13. The molecule has 16 aliphatic rings. The molecular weight excluding hydrogens is 581 g/mol. The largest absolute Gasteiger partial charge is 0.507 e. The second kappa shape index (κ2) is 9.14. The first-order valence-corrected chi connectivity index (χ1v) is 22.2. The minimum absolute atomic E-state index is 0.275. The van der Waals surface area contributed by atoms with E-state index in [1.165, 1.54) is 135 Å². The van der Waals surface area contributed by atoms with E-state index in [4.69, 9.17) is 0 Å². The van der Waals surface area contributed by atoms with Crippen molar-refractivity contribution in [3.63, 3.8) is 0 Å². The molecule has 0 unspecified atom stereocenters. The van der Waals surface area contributed by atoms with Crippen LogP contribution in [0.15, 0.2) is 0 Å². The summed E-state index contributed by atoms with van der Waals surface area (Å²) < 4.78 is 0. The molecule has 0 atom stereocenters. The summed E-state index contributed by atoms with van der Waals surface area (Å²) in [5, 5.41) is 13.8. The smallest absolute Gasteiger partial charge is 0.123 e. The van der Waals surface area contributed by atoms with Crippen LogP contribution in [0, 0.1) is 77.9 Å². The Kier molecular flexibility index (Phi) is 5.44. The number of hydrogen-bond donors (Lipinski definition) is 1. The number of aromatic hydroxyl groups is 1. The van der Waals surface area contributed by atoms with Crippen molar-refractivity contribution < 1.29 is 5.11 Å². The maximum atomic E-state index is 13.8. The van der Waals surface area contributed by atoms with Gasteiger partial charge in [0.25, 0.3) is 0 Å². The van der Waals surface area contributed by atoms with Crippen molar-refractivity contribution in [2.75, 3.05) is 0 Å². The van der Waals surface area contributed by atoms with E-state index < -0.39 is 0 Å². The van der Waals surface area contributed by atoms with E-state index in [1.807, 2.05) is 11.1 Å². The van der Waals surface area contributed by atoms with E-state index in [9.17, 15) is 5.11 Å². The van der Waals surface area contributed by atoms with Crippen LogP contribution < -0.4 is 0 Å². The molecule has 1 aromatic rings. The van der Waals surface area contributed by atoms with Crippen LogP contribution in [0.5, 0.6) is 5.75 Å².